The predicted octanol–water partition coefficient (Wildman–Crippen LogP) is 1.34. The maximum Gasteiger partial charge on any atom is 0.161 e. The minimum absolute atomic E-state index is 0.107. The fraction of sp³-hybridized carbons (Fsp3) is 0.143. The second-order valence-corrected chi connectivity index (χ2v) is 1.56. The van der Waals surface area contributed by atoms with Gasteiger partial charge in [0.1, 0.15) is 0 Å². The standard InChI is InChI=1S/C7H9NO/c1-3-4-7(5-8)6(2)9/h3-5,8H,1H2,2H3/b7-4+,8-5?. The van der Waals surface area contributed by atoms with Gasteiger partial charge in [-0.2, -0.15) is 0 Å². The van der Waals surface area contributed by atoms with E-state index in [9.17, 15) is 4.79 Å². The molecule has 2 heteroatoms. The predicted molar refractivity (Wildman–Crippen MR) is 37.7 cm³/mol. The Kier molecular flexibility index (Phi) is 3.28. The fourth-order valence-corrected chi connectivity index (χ4v) is 0.394. The van der Waals surface area contributed by atoms with E-state index in [1.54, 1.807) is 0 Å². The monoisotopic (exact) mass is 123 g/mol. The van der Waals surface area contributed by atoms with Gasteiger partial charge in [-0.3, -0.25) is 4.79 Å². The van der Waals surface area contributed by atoms with Crippen molar-refractivity contribution in [1.29, 1.82) is 5.41 Å². The van der Waals surface area contributed by atoms with Gasteiger partial charge in [-0.25, -0.2) is 0 Å². The average molecular weight is 123 g/mol. The smallest absolute Gasteiger partial charge is 0.161 e. The summed E-state index contributed by atoms with van der Waals surface area (Å²) in [6.45, 7) is 4.82. The van der Waals surface area contributed by atoms with Gasteiger partial charge in [-0.15, -0.1) is 0 Å². The molecule has 0 aromatic heterocycles. The van der Waals surface area contributed by atoms with Gasteiger partial charge in [0.2, 0.25) is 0 Å². The number of hydrogen-bond donors (Lipinski definition) is 1. The van der Waals surface area contributed by atoms with Crippen LogP contribution in [0.15, 0.2) is 24.3 Å². The zero-order valence-corrected chi connectivity index (χ0v) is 5.35. The zero-order chi connectivity index (χ0) is 7.28. The molecular formula is C7H9NO. The third-order valence-corrected chi connectivity index (χ3v) is 0.859. The molecule has 9 heavy (non-hydrogen) atoms. The molecule has 0 aliphatic heterocycles. The van der Waals surface area contributed by atoms with Crippen LogP contribution in [0.2, 0.25) is 0 Å². The van der Waals surface area contributed by atoms with Crippen LogP contribution in [-0.4, -0.2) is 12.0 Å². The second kappa shape index (κ2) is 3.78. The highest BCUT2D eigenvalue weighted by molar-refractivity contribution is 6.11. The third kappa shape index (κ3) is 2.59. The van der Waals surface area contributed by atoms with Gasteiger partial charge in [0.05, 0.1) is 0 Å². The molecule has 0 aliphatic carbocycles. The Hall–Kier alpha value is -1.18. The van der Waals surface area contributed by atoms with Crippen molar-refractivity contribution in [2.24, 2.45) is 0 Å². The number of hydrogen-bond acceptors (Lipinski definition) is 2. The zero-order valence-electron chi connectivity index (χ0n) is 5.35. The number of carbonyl (C=O) groups excluding carboxylic acids is 1. The molecule has 0 bridgehead atoms. The summed E-state index contributed by atoms with van der Waals surface area (Å²) in [6.07, 6.45) is 4.01. The molecule has 0 atom stereocenters. The van der Waals surface area contributed by atoms with Crippen molar-refractivity contribution in [3.8, 4) is 0 Å². The molecule has 0 rings (SSSR count). The molecule has 2 nitrogen and oxygen atoms in total. The molecule has 48 valence electrons. The van der Waals surface area contributed by atoms with Gasteiger partial charge in [0.25, 0.3) is 0 Å². The van der Waals surface area contributed by atoms with Crippen LogP contribution in [0.1, 0.15) is 6.92 Å². The van der Waals surface area contributed by atoms with Crippen molar-refractivity contribution in [3.63, 3.8) is 0 Å². The Morgan fingerprint density at radius 3 is 2.33 bits per heavy atom. The van der Waals surface area contributed by atoms with Gasteiger partial charge in [-0.1, -0.05) is 18.7 Å². The fourth-order valence-electron chi connectivity index (χ4n) is 0.394. The minimum Gasteiger partial charge on any atom is -0.308 e. The van der Waals surface area contributed by atoms with Gasteiger partial charge in [-0.05, 0) is 6.92 Å². The molecule has 0 aromatic carbocycles. The molecule has 0 unspecified atom stereocenters. The lowest BCUT2D eigenvalue weighted by Gasteiger charge is -1.87. The molecule has 0 saturated carbocycles. The molecule has 1 N–H and O–H groups in total. The van der Waals surface area contributed by atoms with E-state index in [4.69, 9.17) is 5.41 Å². The summed E-state index contributed by atoms with van der Waals surface area (Å²) >= 11 is 0. The molecule has 0 aromatic rings. The van der Waals surface area contributed by atoms with Gasteiger partial charge < -0.3 is 5.41 Å². The molecule has 0 radical (unpaired) electrons. The van der Waals surface area contributed by atoms with E-state index in [0.717, 1.165) is 6.21 Å². The third-order valence-electron chi connectivity index (χ3n) is 0.859. The van der Waals surface area contributed by atoms with E-state index in [1.165, 1.54) is 19.1 Å². The van der Waals surface area contributed by atoms with Crippen LogP contribution in [0.3, 0.4) is 0 Å². The van der Waals surface area contributed by atoms with E-state index in [1.807, 2.05) is 0 Å². The van der Waals surface area contributed by atoms with Gasteiger partial charge in [0.15, 0.2) is 5.78 Å². The number of rotatable bonds is 3. The van der Waals surface area contributed by atoms with E-state index >= 15 is 0 Å². The summed E-state index contributed by atoms with van der Waals surface area (Å²) in [7, 11) is 0. The molecule has 0 amide bonds. The summed E-state index contributed by atoms with van der Waals surface area (Å²) in [5.41, 5.74) is 0.380. The largest absolute Gasteiger partial charge is 0.308 e. The normalized spacial score (nSPS) is 10.6. The maximum atomic E-state index is 10.5. The highest BCUT2D eigenvalue weighted by atomic mass is 16.1. The number of nitrogens with one attached hydrogen (secondary N) is 1. The topological polar surface area (TPSA) is 40.9 Å². The molecular weight excluding hydrogens is 114 g/mol. The summed E-state index contributed by atoms with van der Waals surface area (Å²) < 4.78 is 0. The van der Waals surface area contributed by atoms with Crippen LogP contribution in [0.4, 0.5) is 0 Å². The van der Waals surface area contributed by atoms with Gasteiger partial charge >= 0.3 is 0 Å². The minimum atomic E-state index is -0.107. The van der Waals surface area contributed by atoms with Crippen molar-refractivity contribution in [3.05, 3.63) is 24.3 Å². The highest BCUT2D eigenvalue weighted by Crippen LogP contribution is 1.90. The number of Topliss-reactive ketones (excluding diaryl/α,β-unsaturated/α-hetero) is 1. The van der Waals surface area contributed by atoms with Crippen LogP contribution < -0.4 is 0 Å². The summed E-state index contributed by atoms with van der Waals surface area (Å²) in [6, 6.07) is 0. The van der Waals surface area contributed by atoms with Crippen LogP contribution in [-0.2, 0) is 4.79 Å². The van der Waals surface area contributed by atoms with E-state index < -0.39 is 0 Å². The SMILES string of the molecule is C=C/C=C(\C=N)C(C)=O. The van der Waals surface area contributed by atoms with E-state index in [2.05, 4.69) is 6.58 Å². The van der Waals surface area contributed by atoms with Crippen LogP contribution in [0.5, 0.6) is 0 Å². The first kappa shape index (κ1) is 7.82. The molecule has 0 fully saturated rings. The summed E-state index contributed by atoms with van der Waals surface area (Å²) in [4.78, 5) is 10.5. The molecule has 0 heterocycles. The lowest BCUT2D eigenvalue weighted by atomic mass is 10.2. The summed E-state index contributed by atoms with van der Waals surface area (Å²) in [5, 5.41) is 6.73. The van der Waals surface area contributed by atoms with Crippen molar-refractivity contribution in [2.45, 2.75) is 6.92 Å². The van der Waals surface area contributed by atoms with Crippen LogP contribution >= 0.6 is 0 Å². The van der Waals surface area contributed by atoms with Crippen molar-refractivity contribution < 1.29 is 4.79 Å². The number of allylic oxidation sites excluding steroid dienone is 3. The lowest BCUT2D eigenvalue weighted by Crippen LogP contribution is -1.95. The molecule has 0 spiro atoms. The van der Waals surface area contributed by atoms with E-state index in [0.29, 0.717) is 5.57 Å². The quantitative estimate of drug-likeness (QED) is 0.343. The van der Waals surface area contributed by atoms with Crippen LogP contribution in [0.25, 0.3) is 0 Å². The molecule has 0 saturated heterocycles. The Labute approximate surface area is 54.4 Å². The van der Waals surface area contributed by atoms with Crippen molar-refractivity contribution in [1.82, 2.24) is 0 Å². The Morgan fingerprint density at radius 1 is 1.67 bits per heavy atom. The summed E-state index contributed by atoms with van der Waals surface area (Å²) in [5.74, 6) is -0.107. The highest BCUT2D eigenvalue weighted by Gasteiger charge is 1.94. The van der Waals surface area contributed by atoms with Gasteiger partial charge in [0, 0.05) is 11.8 Å². The first-order valence-corrected chi connectivity index (χ1v) is 2.56. The lowest BCUT2D eigenvalue weighted by molar-refractivity contribution is -0.113. The maximum absolute atomic E-state index is 10.5. The average Bonchev–Trinajstić information content (AvgIpc) is 1.82. The van der Waals surface area contributed by atoms with Crippen molar-refractivity contribution >= 4 is 12.0 Å². The Morgan fingerprint density at radius 2 is 2.22 bits per heavy atom. The van der Waals surface area contributed by atoms with E-state index in [-0.39, 0.29) is 5.78 Å². The first-order valence-electron chi connectivity index (χ1n) is 2.56. The molecule has 0 aliphatic rings. The number of carbonyl (C=O) groups is 1. The second-order valence-electron chi connectivity index (χ2n) is 1.56. The first-order chi connectivity index (χ1) is 4.22. The van der Waals surface area contributed by atoms with Crippen molar-refractivity contribution in [2.75, 3.05) is 0 Å². The Bertz CT molecular complexity index is 168. The Balaban J connectivity index is 4.32. The van der Waals surface area contributed by atoms with Crippen LogP contribution in [0, 0.1) is 5.41 Å². The number of ketones is 1.